The van der Waals surface area contributed by atoms with E-state index in [1.807, 2.05) is 28.1 Å². The average Bonchev–Trinajstić information content (AvgIpc) is 2.83. The summed E-state index contributed by atoms with van der Waals surface area (Å²) in [4.78, 5) is 6.73. The summed E-state index contributed by atoms with van der Waals surface area (Å²) < 4.78 is 18.9. The van der Waals surface area contributed by atoms with E-state index >= 15 is 0 Å². The molecule has 1 fully saturated rings. The number of halogens is 1. The van der Waals surface area contributed by atoms with Gasteiger partial charge in [0.05, 0.1) is 38.3 Å². The quantitative estimate of drug-likeness (QED) is 0.497. The molecule has 3 N–H and O–H groups in total. The maximum atomic E-state index is 13.3. The van der Waals surface area contributed by atoms with Gasteiger partial charge >= 0.3 is 0 Å². The molecule has 7 nitrogen and oxygen atoms in total. The highest BCUT2D eigenvalue weighted by Crippen LogP contribution is 2.31. The lowest BCUT2D eigenvalue weighted by Gasteiger charge is -2.31. The Hall–Kier alpha value is -3.52. The molecule has 8 heteroatoms. The second kappa shape index (κ2) is 9.95. The van der Waals surface area contributed by atoms with Gasteiger partial charge in [0.15, 0.2) is 0 Å². The van der Waals surface area contributed by atoms with E-state index in [0.717, 1.165) is 53.3 Å². The predicted octanol–water partition coefficient (Wildman–Crippen LogP) is 3.89. The van der Waals surface area contributed by atoms with Gasteiger partial charge in [-0.25, -0.2) is 9.40 Å². The number of benzene rings is 2. The molecule has 0 bridgehead atoms. The first-order valence-electron chi connectivity index (χ1n) is 11.0. The molecule has 172 valence electrons. The van der Waals surface area contributed by atoms with Crippen LogP contribution in [0.15, 0.2) is 58.1 Å². The van der Waals surface area contributed by atoms with Gasteiger partial charge in [0, 0.05) is 12.3 Å². The Kier molecular flexibility index (Phi) is 6.84. The molecular weight excluding hydrogens is 419 g/mol. The minimum atomic E-state index is -0.258. The fourth-order valence-electron chi connectivity index (χ4n) is 4.12. The maximum absolute atomic E-state index is 13.3. The van der Waals surface area contributed by atoms with Crippen molar-refractivity contribution in [3.8, 4) is 5.75 Å². The molecule has 0 aromatic heterocycles. The third-order valence-electron chi connectivity index (χ3n) is 5.68. The number of hydrazone groups is 1. The van der Waals surface area contributed by atoms with Crippen LogP contribution in [0.25, 0.3) is 6.08 Å². The summed E-state index contributed by atoms with van der Waals surface area (Å²) in [6.07, 6.45) is 4.02. The van der Waals surface area contributed by atoms with Gasteiger partial charge in [-0.15, -0.1) is 0 Å². The highest BCUT2D eigenvalue weighted by molar-refractivity contribution is 6.10. The fourth-order valence-corrected chi connectivity index (χ4v) is 4.12. The van der Waals surface area contributed by atoms with Crippen LogP contribution in [0.2, 0.25) is 0 Å². The molecule has 0 aliphatic carbocycles. The molecule has 2 aromatic rings. The molecule has 2 aromatic carbocycles. The maximum Gasteiger partial charge on any atom is 0.147 e. The first-order chi connectivity index (χ1) is 16.0. The van der Waals surface area contributed by atoms with Crippen molar-refractivity contribution in [1.29, 1.82) is 5.41 Å². The number of hydrogen-bond acceptors (Lipinski definition) is 7. The van der Waals surface area contributed by atoms with Crippen LogP contribution >= 0.6 is 0 Å². The Bertz CT molecular complexity index is 1120. The van der Waals surface area contributed by atoms with Crippen LogP contribution in [0.5, 0.6) is 5.75 Å². The van der Waals surface area contributed by atoms with Gasteiger partial charge in [0.25, 0.3) is 0 Å². The van der Waals surface area contributed by atoms with Crippen molar-refractivity contribution < 1.29 is 9.13 Å². The van der Waals surface area contributed by atoms with Gasteiger partial charge in [-0.05, 0) is 66.8 Å². The average molecular weight is 449 g/mol. The second-order valence-electron chi connectivity index (χ2n) is 8.18. The van der Waals surface area contributed by atoms with Crippen molar-refractivity contribution in [2.75, 3.05) is 38.3 Å². The minimum Gasteiger partial charge on any atom is -0.495 e. The van der Waals surface area contributed by atoms with Crippen molar-refractivity contribution >= 4 is 29.0 Å². The van der Waals surface area contributed by atoms with Crippen LogP contribution < -0.4 is 15.4 Å². The number of nitrogens with zero attached hydrogens (tertiary/aromatic N) is 4. The summed E-state index contributed by atoms with van der Waals surface area (Å²) in [7, 11) is 1.64. The van der Waals surface area contributed by atoms with Crippen molar-refractivity contribution in [3.05, 3.63) is 65.0 Å². The normalized spacial score (nSPS) is 16.7. The Morgan fingerprint density at radius 1 is 1.27 bits per heavy atom. The summed E-state index contributed by atoms with van der Waals surface area (Å²) in [6.45, 7) is 3.78. The number of piperidine rings is 1. The van der Waals surface area contributed by atoms with Crippen molar-refractivity contribution in [1.82, 2.24) is 5.01 Å². The van der Waals surface area contributed by atoms with E-state index in [2.05, 4.69) is 6.08 Å². The zero-order chi connectivity index (χ0) is 23.4. The smallest absolute Gasteiger partial charge is 0.147 e. The van der Waals surface area contributed by atoms with Crippen molar-refractivity contribution in [2.45, 2.75) is 19.8 Å². The monoisotopic (exact) mass is 448 g/mol. The van der Waals surface area contributed by atoms with Crippen LogP contribution in [0.3, 0.4) is 0 Å². The van der Waals surface area contributed by atoms with Gasteiger partial charge < -0.3 is 20.8 Å². The largest absolute Gasteiger partial charge is 0.495 e. The molecular formula is C25H29FN6O. The number of ether oxygens (including phenoxy) is 1. The molecule has 2 aliphatic heterocycles. The number of rotatable bonds is 7. The molecule has 0 amide bonds. The van der Waals surface area contributed by atoms with Gasteiger partial charge in [-0.2, -0.15) is 5.10 Å². The summed E-state index contributed by atoms with van der Waals surface area (Å²) in [5.74, 6) is 1.34. The zero-order valence-electron chi connectivity index (χ0n) is 19.0. The van der Waals surface area contributed by atoms with Crippen molar-refractivity contribution in [2.24, 2.45) is 15.8 Å². The Morgan fingerprint density at radius 3 is 2.76 bits per heavy atom. The van der Waals surface area contributed by atoms with E-state index in [0.29, 0.717) is 31.2 Å². The summed E-state index contributed by atoms with van der Waals surface area (Å²) in [5, 5.41) is 14.5. The van der Waals surface area contributed by atoms with Gasteiger partial charge in [-0.3, -0.25) is 4.99 Å². The first-order valence-corrected chi connectivity index (χ1v) is 11.0. The fraction of sp³-hybridized carbons (Fsp3) is 0.320. The van der Waals surface area contributed by atoms with Gasteiger partial charge in [-0.1, -0.05) is 18.2 Å². The molecule has 0 atom stereocenters. The summed E-state index contributed by atoms with van der Waals surface area (Å²) >= 11 is 0. The molecule has 1 saturated heterocycles. The lowest BCUT2D eigenvalue weighted by atomic mass is 10.00. The highest BCUT2D eigenvalue weighted by Gasteiger charge is 2.25. The second-order valence-corrected chi connectivity index (χ2v) is 8.18. The Morgan fingerprint density at radius 2 is 2.06 bits per heavy atom. The molecule has 4 rings (SSSR count). The van der Waals surface area contributed by atoms with E-state index in [9.17, 15) is 4.39 Å². The molecule has 0 radical (unpaired) electrons. The molecule has 0 spiro atoms. The zero-order valence-corrected chi connectivity index (χ0v) is 19.0. The van der Waals surface area contributed by atoms with E-state index in [1.165, 1.54) is 12.1 Å². The Balaban J connectivity index is 1.58. The molecule has 0 unspecified atom stereocenters. The van der Waals surface area contributed by atoms with Gasteiger partial charge in [0.2, 0.25) is 0 Å². The SMILES string of the molecule is COc1cc(/C=C2\CCCN3N=C(c4ccc(F)cc4)CN=C23)ccc1N(CN)CC(C)=N. The number of hydrogen-bond donors (Lipinski definition) is 2. The third-order valence-corrected chi connectivity index (χ3v) is 5.68. The van der Waals surface area contributed by atoms with Crippen LogP contribution in [0.1, 0.15) is 30.9 Å². The topological polar surface area (TPSA) is 90.3 Å². The van der Waals surface area contributed by atoms with Crippen LogP contribution in [0.4, 0.5) is 10.1 Å². The number of fused-ring (bicyclic) bond motifs is 1. The number of nitrogens with two attached hydrogens (primary N) is 1. The number of methoxy groups -OCH3 is 1. The van der Waals surface area contributed by atoms with Gasteiger partial charge in [0.1, 0.15) is 17.4 Å². The highest BCUT2D eigenvalue weighted by atomic mass is 19.1. The van der Waals surface area contributed by atoms with E-state index in [4.69, 9.17) is 26.0 Å². The minimum absolute atomic E-state index is 0.258. The van der Waals surface area contributed by atoms with Crippen LogP contribution in [-0.4, -0.2) is 55.7 Å². The Labute approximate surface area is 193 Å². The molecule has 2 heterocycles. The standard InChI is InChI=1S/C25H29FN6O/c1-17(28)15-31(16-27)23-10-5-18(13-24(23)33-2)12-20-4-3-11-32-25(20)29-14-22(30-32)19-6-8-21(26)9-7-19/h5-10,12-13,28H,3-4,11,14-16,27H2,1-2H3/b20-12+,28-17?. The van der Waals surface area contributed by atoms with Crippen LogP contribution in [0, 0.1) is 11.2 Å². The lowest BCUT2D eigenvalue weighted by Crippen LogP contribution is -2.37. The number of amidine groups is 1. The third kappa shape index (κ3) is 5.12. The molecule has 33 heavy (non-hydrogen) atoms. The predicted molar refractivity (Wildman–Crippen MR) is 132 cm³/mol. The summed E-state index contributed by atoms with van der Waals surface area (Å²) in [6, 6.07) is 12.4. The van der Waals surface area contributed by atoms with E-state index < -0.39 is 0 Å². The number of aliphatic imine (C=N–C) groups is 1. The van der Waals surface area contributed by atoms with Crippen molar-refractivity contribution in [3.63, 3.8) is 0 Å². The number of nitrogens with one attached hydrogen (secondary N) is 1. The molecule has 2 aliphatic rings. The van der Waals surface area contributed by atoms with Crippen LogP contribution in [-0.2, 0) is 0 Å². The first kappa shape index (κ1) is 22.7. The summed E-state index contributed by atoms with van der Waals surface area (Å²) in [5.41, 5.74) is 11.2. The molecule has 0 saturated carbocycles. The van der Waals surface area contributed by atoms with E-state index in [-0.39, 0.29) is 5.82 Å². The van der Waals surface area contributed by atoms with E-state index in [1.54, 1.807) is 26.2 Å². The number of anilines is 1. The lowest BCUT2D eigenvalue weighted by molar-refractivity contribution is 0.407.